The van der Waals surface area contributed by atoms with Crippen LogP contribution in [-0.2, 0) is 11.3 Å². The summed E-state index contributed by atoms with van der Waals surface area (Å²) in [5.74, 6) is 0.868. The molecule has 2 N–H and O–H groups in total. The molecule has 0 amide bonds. The van der Waals surface area contributed by atoms with Crippen molar-refractivity contribution in [3.63, 3.8) is 0 Å². The molecule has 1 aromatic rings. The third kappa shape index (κ3) is 4.21. The summed E-state index contributed by atoms with van der Waals surface area (Å²) in [5, 5.41) is 0. The number of hydrogen-bond donors (Lipinski definition) is 1. The number of hydrogen-bond acceptors (Lipinski definition) is 3. The summed E-state index contributed by atoms with van der Waals surface area (Å²) in [6.45, 7) is 3.34. The SMILES string of the molecule is CCCC(CN)OCc1ccc(OC)cc1. The zero-order chi connectivity index (χ0) is 11.8. The van der Waals surface area contributed by atoms with Crippen LogP contribution in [0.3, 0.4) is 0 Å². The summed E-state index contributed by atoms with van der Waals surface area (Å²) >= 11 is 0. The maximum Gasteiger partial charge on any atom is 0.118 e. The van der Waals surface area contributed by atoms with Gasteiger partial charge in [0.25, 0.3) is 0 Å². The Labute approximate surface area is 97.6 Å². The van der Waals surface area contributed by atoms with E-state index in [9.17, 15) is 0 Å². The van der Waals surface area contributed by atoms with Gasteiger partial charge in [0.05, 0.1) is 19.8 Å². The lowest BCUT2D eigenvalue weighted by atomic mass is 10.2. The molecule has 90 valence electrons. The molecule has 0 radical (unpaired) electrons. The van der Waals surface area contributed by atoms with Crippen molar-refractivity contribution in [3.05, 3.63) is 29.8 Å². The quantitative estimate of drug-likeness (QED) is 0.771. The highest BCUT2D eigenvalue weighted by atomic mass is 16.5. The Morgan fingerprint density at radius 2 is 1.94 bits per heavy atom. The molecule has 1 aromatic carbocycles. The first-order valence-electron chi connectivity index (χ1n) is 5.74. The van der Waals surface area contributed by atoms with Crippen molar-refractivity contribution < 1.29 is 9.47 Å². The van der Waals surface area contributed by atoms with Gasteiger partial charge < -0.3 is 15.2 Å². The average Bonchev–Trinajstić information content (AvgIpc) is 2.35. The van der Waals surface area contributed by atoms with Crippen molar-refractivity contribution in [2.45, 2.75) is 32.5 Å². The molecule has 1 atom stereocenters. The van der Waals surface area contributed by atoms with Gasteiger partial charge in [0.1, 0.15) is 5.75 Å². The van der Waals surface area contributed by atoms with Crippen LogP contribution in [0.25, 0.3) is 0 Å². The third-order valence-electron chi connectivity index (χ3n) is 2.52. The number of nitrogens with two attached hydrogens (primary N) is 1. The topological polar surface area (TPSA) is 44.5 Å². The zero-order valence-electron chi connectivity index (χ0n) is 10.1. The first kappa shape index (κ1) is 13.0. The fourth-order valence-corrected chi connectivity index (χ4v) is 1.53. The molecular formula is C13H21NO2. The molecule has 0 aromatic heterocycles. The molecule has 0 aliphatic rings. The van der Waals surface area contributed by atoms with Gasteiger partial charge in [0, 0.05) is 6.54 Å². The van der Waals surface area contributed by atoms with Crippen molar-refractivity contribution >= 4 is 0 Å². The fourth-order valence-electron chi connectivity index (χ4n) is 1.53. The van der Waals surface area contributed by atoms with Gasteiger partial charge in [0.15, 0.2) is 0 Å². The summed E-state index contributed by atoms with van der Waals surface area (Å²) in [7, 11) is 1.66. The van der Waals surface area contributed by atoms with Crippen LogP contribution in [0.1, 0.15) is 25.3 Å². The standard InChI is InChI=1S/C13H21NO2/c1-3-4-13(9-14)16-10-11-5-7-12(15-2)8-6-11/h5-8,13H,3-4,9-10,14H2,1-2H3. The molecule has 0 bridgehead atoms. The Morgan fingerprint density at radius 3 is 2.44 bits per heavy atom. The predicted octanol–water partition coefficient (Wildman–Crippen LogP) is 2.34. The van der Waals surface area contributed by atoms with Crippen LogP contribution in [-0.4, -0.2) is 19.8 Å². The van der Waals surface area contributed by atoms with E-state index in [1.165, 1.54) is 0 Å². The highest BCUT2D eigenvalue weighted by Crippen LogP contribution is 2.13. The lowest BCUT2D eigenvalue weighted by Gasteiger charge is -2.15. The van der Waals surface area contributed by atoms with Gasteiger partial charge in [0.2, 0.25) is 0 Å². The van der Waals surface area contributed by atoms with Crippen LogP contribution in [0, 0.1) is 0 Å². The third-order valence-corrected chi connectivity index (χ3v) is 2.52. The predicted molar refractivity (Wildman–Crippen MR) is 65.5 cm³/mol. The van der Waals surface area contributed by atoms with Gasteiger partial charge in [-0.2, -0.15) is 0 Å². The Morgan fingerprint density at radius 1 is 1.25 bits per heavy atom. The van der Waals surface area contributed by atoms with Crippen LogP contribution < -0.4 is 10.5 Å². The Kier molecular flexibility index (Phi) is 5.90. The molecule has 0 saturated heterocycles. The van der Waals surface area contributed by atoms with Crippen LogP contribution in [0.4, 0.5) is 0 Å². The zero-order valence-corrected chi connectivity index (χ0v) is 10.1. The summed E-state index contributed by atoms with van der Waals surface area (Å²) < 4.78 is 10.8. The summed E-state index contributed by atoms with van der Waals surface area (Å²) in [5.41, 5.74) is 6.77. The van der Waals surface area contributed by atoms with Gasteiger partial charge in [-0.1, -0.05) is 25.5 Å². The average molecular weight is 223 g/mol. The Hall–Kier alpha value is -1.06. The lowest BCUT2D eigenvalue weighted by Crippen LogP contribution is -2.23. The minimum Gasteiger partial charge on any atom is -0.497 e. The van der Waals surface area contributed by atoms with Crippen LogP contribution in [0.2, 0.25) is 0 Å². The second-order valence-corrected chi connectivity index (χ2v) is 3.81. The second-order valence-electron chi connectivity index (χ2n) is 3.81. The first-order valence-corrected chi connectivity index (χ1v) is 5.74. The first-order chi connectivity index (χ1) is 7.80. The van der Waals surface area contributed by atoms with Gasteiger partial charge in [-0.05, 0) is 24.1 Å². The molecule has 0 aliphatic carbocycles. The van der Waals surface area contributed by atoms with E-state index in [2.05, 4.69) is 6.92 Å². The molecule has 0 heterocycles. The van der Waals surface area contributed by atoms with Crippen LogP contribution in [0.5, 0.6) is 5.75 Å². The molecule has 0 spiro atoms. The van der Waals surface area contributed by atoms with E-state index < -0.39 is 0 Å². The molecule has 1 rings (SSSR count). The van der Waals surface area contributed by atoms with E-state index in [1.807, 2.05) is 24.3 Å². The summed E-state index contributed by atoms with van der Waals surface area (Å²) in [6, 6.07) is 7.91. The van der Waals surface area contributed by atoms with Crippen LogP contribution >= 0.6 is 0 Å². The minimum absolute atomic E-state index is 0.173. The number of ether oxygens (including phenoxy) is 2. The van der Waals surface area contributed by atoms with E-state index in [0.29, 0.717) is 13.2 Å². The molecule has 1 unspecified atom stereocenters. The minimum atomic E-state index is 0.173. The molecule has 0 aliphatic heterocycles. The molecule has 3 heteroatoms. The van der Waals surface area contributed by atoms with E-state index in [0.717, 1.165) is 24.2 Å². The van der Waals surface area contributed by atoms with E-state index in [1.54, 1.807) is 7.11 Å². The number of methoxy groups -OCH3 is 1. The highest BCUT2D eigenvalue weighted by molar-refractivity contribution is 5.26. The van der Waals surface area contributed by atoms with E-state index >= 15 is 0 Å². The van der Waals surface area contributed by atoms with E-state index in [-0.39, 0.29) is 6.10 Å². The van der Waals surface area contributed by atoms with Gasteiger partial charge in [-0.15, -0.1) is 0 Å². The Bertz CT molecular complexity index is 284. The monoisotopic (exact) mass is 223 g/mol. The van der Waals surface area contributed by atoms with Gasteiger partial charge in [-0.3, -0.25) is 0 Å². The highest BCUT2D eigenvalue weighted by Gasteiger charge is 2.05. The van der Waals surface area contributed by atoms with Gasteiger partial charge >= 0.3 is 0 Å². The maximum atomic E-state index is 5.73. The van der Waals surface area contributed by atoms with Crippen molar-refractivity contribution in [1.29, 1.82) is 0 Å². The normalized spacial score (nSPS) is 12.4. The van der Waals surface area contributed by atoms with Gasteiger partial charge in [-0.25, -0.2) is 0 Å². The lowest BCUT2D eigenvalue weighted by molar-refractivity contribution is 0.0404. The van der Waals surface area contributed by atoms with Crippen molar-refractivity contribution in [2.24, 2.45) is 5.73 Å². The molecule has 0 saturated carbocycles. The number of benzene rings is 1. The molecule has 0 fully saturated rings. The summed E-state index contributed by atoms with van der Waals surface area (Å²) in [6.07, 6.45) is 2.30. The fraction of sp³-hybridized carbons (Fsp3) is 0.538. The number of rotatable bonds is 7. The molecule has 3 nitrogen and oxygen atoms in total. The molecule has 16 heavy (non-hydrogen) atoms. The van der Waals surface area contributed by atoms with E-state index in [4.69, 9.17) is 15.2 Å². The van der Waals surface area contributed by atoms with Crippen molar-refractivity contribution in [2.75, 3.05) is 13.7 Å². The summed E-state index contributed by atoms with van der Waals surface area (Å²) in [4.78, 5) is 0. The molecular weight excluding hydrogens is 202 g/mol. The second kappa shape index (κ2) is 7.25. The maximum absolute atomic E-state index is 5.73. The largest absolute Gasteiger partial charge is 0.497 e. The smallest absolute Gasteiger partial charge is 0.118 e. The van der Waals surface area contributed by atoms with Crippen molar-refractivity contribution in [3.8, 4) is 5.75 Å². The van der Waals surface area contributed by atoms with Crippen molar-refractivity contribution in [1.82, 2.24) is 0 Å². The Balaban J connectivity index is 2.40. The van der Waals surface area contributed by atoms with Crippen LogP contribution in [0.15, 0.2) is 24.3 Å².